The van der Waals surface area contributed by atoms with Crippen LogP contribution in [0.2, 0.25) is 0 Å². The summed E-state index contributed by atoms with van der Waals surface area (Å²) < 4.78 is 76.7. The quantitative estimate of drug-likeness (QED) is 0.446. The second-order valence-electron chi connectivity index (χ2n) is 5.10. The Bertz CT molecular complexity index is 721. The average molecular weight is 383 g/mol. The van der Waals surface area contributed by atoms with E-state index in [1.54, 1.807) is 0 Å². The molecule has 5 nitrogen and oxygen atoms in total. The van der Waals surface area contributed by atoms with Crippen molar-refractivity contribution < 1.29 is 46.1 Å². The standard InChI is InChI=1S/C15H11F6NO4/c1-2-13(12(25)26,6-11(23)24)22-7-8-3-9(14(16,17)18)5-10(4-8)15(19,20)21/h2-5,7H,1,6H2,(H,23,24)(H,25,26). The number of carboxylic acids is 2. The largest absolute Gasteiger partial charge is 0.481 e. The maximum absolute atomic E-state index is 12.8. The maximum atomic E-state index is 12.8. The SMILES string of the molecule is C=CC(CC(=O)O)(N=Cc1cc(C(F)(F)F)cc(C(F)(F)F)c1)C(=O)O. The first-order chi connectivity index (χ1) is 11.7. The fourth-order valence-corrected chi connectivity index (χ4v) is 1.86. The molecule has 0 radical (unpaired) electrons. The van der Waals surface area contributed by atoms with Gasteiger partial charge in [0.2, 0.25) is 0 Å². The van der Waals surface area contributed by atoms with Gasteiger partial charge in [-0.05, 0) is 23.8 Å². The Morgan fingerprint density at radius 1 is 1.00 bits per heavy atom. The predicted octanol–water partition coefficient (Wildman–Crippen LogP) is 3.63. The predicted molar refractivity (Wildman–Crippen MR) is 76.9 cm³/mol. The van der Waals surface area contributed by atoms with Gasteiger partial charge in [0.15, 0.2) is 5.54 Å². The number of rotatable bonds is 6. The van der Waals surface area contributed by atoms with E-state index in [4.69, 9.17) is 10.2 Å². The van der Waals surface area contributed by atoms with Crippen molar-refractivity contribution >= 4 is 18.2 Å². The first-order valence-electron chi connectivity index (χ1n) is 6.65. The Hall–Kier alpha value is -2.85. The summed E-state index contributed by atoms with van der Waals surface area (Å²) in [4.78, 5) is 25.4. The normalized spacial score (nSPS) is 14.8. The lowest BCUT2D eigenvalue weighted by Crippen LogP contribution is -2.37. The van der Waals surface area contributed by atoms with E-state index in [-0.39, 0.29) is 6.07 Å². The number of benzene rings is 1. The van der Waals surface area contributed by atoms with Gasteiger partial charge in [-0.25, -0.2) is 4.79 Å². The number of aliphatic imine (C=N–C) groups is 1. The molecule has 1 rings (SSSR count). The Balaban J connectivity index is 3.50. The van der Waals surface area contributed by atoms with Crippen LogP contribution in [-0.4, -0.2) is 33.9 Å². The monoisotopic (exact) mass is 383 g/mol. The Kier molecular flexibility index (Phi) is 5.85. The van der Waals surface area contributed by atoms with Gasteiger partial charge < -0.3 is 10.2 Å². The Labute approximate surface area is 142 Å². The van der Waals surface area contributed by atoms with E-state index in [0.717, 1.165) is 0 Å². The van der Waals surface area contributed by atoms with Gasteiger partial charge in [-0.1, -0.05) is 6.08 Å². The van der Waals surface area contributed by atoms with E-state index in [0.29, 0.717) is 24.4 Å². The van der Waals surface area contributed by atoms with Gasteiger partial charge in [0.25, 0.3) is 0 Å². The molecule has 0 amide bonds. The zero-order chi connectivity index (χ0) is 20.3. The van der Waals surface area contributed by atoms with E-state index in [1.807, 2.05) is 0 Å². The molecule has 0 aliphatic heterocycles. The number of hydrogen-bond donors (Lipinski definition) is 2. The molecule has 0 aliphatic carbocycles. The lowest BCUT2D eigenvalue weighted by molar-refractivity contribution is -0.147. The van der Waals surface area contributed by atoms with Crippen molar-refractivity contribution in [2.45, 2.75) is 24.3 Å². The van der Waals surface area contributed by atoms with Crippen LogP contribution < -0.4 is 0 Å². The molecule has 0 aliphatic rings. The lowest BCUT2D eigenvalue weighted by atomic mass is 9.96. The smallest absolute Gasteiger partial charge is 0.416 e. The zero-order valence-corrected chi connectivity index (χ0v) is 12.7. The summed E-state index contributed by atoms with van der Waals surface area (Å²) in [5, 5.41) is 17.9. The molecule has 0 spiro atoms. The molecular weight excluding hydrogens is 372 g/mol. The van der Waals surface area contributed by atoms with Gasteiger partial charge in [0, 0.05) is 6.21 Å². The van der Waals surface area contributed by atoms with E-state index in [1.165, 1.54) is 0 Å². The van der Waals surface area contributed by atoms with Crippen molar-refractivity contribution in [3.05, 3.63) is 47.5 Å². The van der Waals surface area contributed by atoms with Crippen LogP contribution in [0.15, 0.2) is 35.8 Å². The number of carboxylic acid groups (broad SMARTS) is 2. The minimum absolute atomic E-state index is 0.105. The van der Waals surface area contributed by atoms with Crippen molar-refractivity contribution in [1.29, 1.82) is 0 Å². The maximum Gasteiger partial charge on any atom is 0.416 e. The summed E-state index contributed by atoms with van der Waals surface area (Å²) in [5.74, 6) is -3.39. The minimum atomic E-state index is -5.09. The fraction of sp³-hybridized carbons (Fsp3) is 0.267. The molecule has 26 heavy (non-hydrogen) atoms. The summed E-state index contributed by atoms with van der Waals surface area (Å²) in [6.07, 6.45) is -10.2. The van der Waals surface area contributed by atoms with Gasteiger partial charge in [0.05, 0.1) is 17.5 Å². The summed E-state index contributed by atoms with van der Waals surface area (Å²) >= 11 is 0. The van der Waals surface area contributed by atoms with Crippen molar-refractivity contribution in [2.75, 3.05) is 0 Å². The van der Waals surface area contributed by atoms with E-state index in [2.05, 4.69) is 11.6 Å². The summed E-state index contributed by atoms with van der Waals surface area (Å²) in [6.45, 7) is 3.12. The highest BCUT2D eigenvalue weighted by Crippen LogP contribution is 2.36. The molecule has 142 valence electrons. The van der Waals surface area contributed by atoms with Gasteiger partial charge in [-0.3, -0.25) is 9.79 Å². The average Bonchev–Trinajstić information content (AvgIpc) is 2.48. The molecule has 1 aromatic carbocycles. The van der Waals surface area contributed by atoms with Crippen LogP contribution in [0.1, 0.15) is 23.1 Å². The highest BCUT2D eigenvalue weighted by Gasteiger charge is 2.38. The highest BCUT2D eigenvalue weighted by molar-refractivity contribution is 5.91. The highest BCUT2D eigenvalue weighted by atomic mass is 19.4. The Morgan fingerprint density at radius 3 is 1.77 bits per heavy atom. The Morgan fingerprint density at radius 2 is 1.46 bits per heavy atom. The van der Waals surface area contributed by atoms with Crippen LogP contribution in [0.25, 0.3) is 0 Å². The number of aliphatic carboxylic acids is 2. The number of carbonyl (C=O) groups is 2. The molecule has 1 aromatic rings. The molecule has 0 saturated carbocycles. The molecule has 1 atom stereocenters. The van der Waals surface area contributed by atoms with E-state index < -0.39 is 52.9 Å². The summed E-state index contributed by atoms with van der Waals surface area (Å²) in [5.41, 5.74) is -6.39. The molecule has 1 unspecified atom stereocenters. The molecule has 11 heteroatoms. The third-order valence-corrected chi connectivity index (χ3v) is 3.18. The summed E-state index contributed by atoms with van der Waals surface area (Å²) in [7, 11) is 0. The van der Waals surface area contributed by atoms with Crippen LogP contribution in [-0.2, 0) is 21.9 Å². The van der Waals surface area contributed by atoms with Gasteiger partial charge >= 0.3 is 24.3 Å². The second-order valence-corrected chi connectivity index (χ2v) is 5.10. The van der Waals surface area contributed by atoms with Gasteiger partial charge in [-0.15, -0.1) is 6.58 Å². The van der Waals surface area contributed by atoms with Crippen LogP contribution >= 0.6 is 0 Å². The zero-order valence-electron chi connectivity index (χ0n) is 12.7. The molecule has 2 N–H and O–H groups in total. The molecule has 0 saturated heterocycles. The number of nitrogens with zero attached hydrogens (tertiary/aromatic N) is 1. The second kappa shape index (κ2) is 7.18. The molecule has 0 bridgehead atoms. The molecule has 0 fully saturated rings. The number of alkyl halides is 6. The van der Waals surface area contributed by atoms with Crippen molar-refractivity contribution in [2.24, 2.45) is 4.99 Å². The topological polar surface area (TPSA) is 87.0 Å². The van der Waals surface area contributed by atoms with Gasteiger partial charge in [0.1, 0.15) is 0 Å². The van der Waals surface area contributed by atoms with Crippen LogP contribution in [0.5, 0.6) is 0 Å². The molecule has 0 aromatic heterocycles. The number of halogens is 6. The van der Waals surface area contributed by atoms with Crippen LogP contribution in [0.3, 0.4) is 0 Å². The van der Waals surface area contributed by atoms with Crippen LogP contribution in [0, 0.1) is 0 Å². The van der Waals surface area contributed by atoms with E-state index in [9.17, 15) is 35.9 Å². The first-order valence-corrected chi connectivity index (χ1v) is 6.65. The summed E-state index contributed by atoms with van der Waals surface area (Å²) in [6, 6.07) is 0.553. The van der Waals surface area contributed by atoms with E-state index >= 15 is 0 Å². The van der Waals surface area contributed by atoms with Crippen molar-refractivity contribution in [3.63, 3.8) is 0 Å². The number of hydrogen-bond acceptors (Lipinski definition) is 3. The third-order valence-electron chi connectivity index (χ3n) is 3.18. The van der Waals surface area contributed by atoms with Crippen molar-refractivity contribution in [3.8, 4) is 0 Å². The molecule has 0 heterocycles. The third kappa shape index (κ3) is 5.07. The van der Waals surface area contributed by atoms with Crippen LogP contribution in [0.4, 0.5) is 26.3 Å². The lowest BCUT2D eigenvalue weighted by Gasteiger charge is -2.19. The van der Waals surface area contributed by atoms with Crippen molar-refractivity contribution in [1.82, 2.24) is 0 Å². The minimum Gasteiger partial charge on any atom is -0.481 e. The van der Waals surface area contributed by atoms with Gasteiger partial charge in [-0.2, -0.15) is 26.3 Å². The fourth-order valence-electron chi connectivity index (χ4n) is 1.86. The first kappa shape index (κ1) is 21.2. The molecular formula is C15H11F6NO4.